The summed E-state index contributed by atoms with van der Waals surface area (Å²) in [6, 6.07) is 0. The van der Waals surface area contributed by atoms with Gasteiger partial charge in [0.15, 0.2) is 0 Å². The monoisotopic (exact) mass is 408 g/mol. The standard InChI is InChI=1S/C24H40O5/c1-13(4-7-21(28)29)16-5-6-17-22-18(12-20(27)24(16,17)3)23(2)9-8-15(25)10-14(23)11-19(22)26/h13-20,22,25-27H,4-12H2,1-3H3,(H,28,29)/t13-,14?,15-,16-,17+,18+,19-,20+,22+,23+,24-/m1/s1. The molecule has 0 saturated heterocycles. The highest BCUT2D eigenvalue weighted by atomic mass is 16.4. The van der Waals surface area contributed by atoms with Crippen LogP contribution in [0, 0.1) is 46.3 Å². The van der Waals surface area contributed by atoms with Crippen LogP contribution in [0.3, 0.4) is 0 Å². The van der Waals surface area contributed by atoms with Crippen molar-refractivity contribution < 1.29 is 25.2 Å². The molecule has 0 radical (unpaired) electrons. The Bertz CT molecular complexity index is 637. The maximum absolute atomic E-state index is 11.5. The van der Waals surface area contributed by atoms with Gasteiger partial charge in [-0.25, -0.2) is 0 Å². The lowest BCUT2D eigenvalue weighted by Crippen LogP contribution is -2.62. The van der Waals surface area contributed by atoms with E-state index in [-0.39, 0.29) is 41.3 Å². The molecule has 5 nitrogen and oxygen atoms in total. The fraction of sp³-hybridized carbons (Fsp3) is 0.958. The van der Waals surface area contributed by atoms with Crippen LogP contribution in [0.15, 0.2) is 0 Å². The van der Waals surface area contributed by atoms with E-state index < -0.39 is 12.1 Å². The fourth-order valence-corrected chi connectivity index (χ4v) is 8.68. The van der Waals surface area contributed by atoms with E-state index in [1.54, 1.807) is 0 Å². The van der Waals surface area contributed by atoms with Crippen LogP contribution in [0.2, 0.25) is 0 Å². The van der Waals surface area contributed by atoms with E-state index in [4.69, 9.17) is 5.11 Å². The van der Waals surface area contributed by atoms with Crippen LogP contribution in [-0.2, 0) is 4.79 Å². The summed E-state index contributed by atoms with van der Waals surface area (Å²) in [5.74, 6) is 0.997. The molecular weight excluding hydrogens is 368 g/mol. The van der Waals surface area contributed by atoms with Crippen molar-refractivity contribution in [3.8, 4) is 0 Å². The summed E-state index contributed by atoms with van der Waals surface area (Å²) in [4.78, 5) is 11.1. The van der Waals surface area contributed by atoms with Gasteiger partial charge in [-0.05, 0) is 97.7 Å². The average molecular weight is 409 g/mol. The van der Waals surface area contributed by atoms with Crippen molar-refractivity contribution in [1.29, 1.82) is 0 Å². The van der Waals surface area contributed by atoms with Gasteiger partial charge in [0.2, 0.25) is 0 Å². The Labute approximate surface area is 174 Å². The predicted octanol–water partition coefficient (Wildman–Crippen LogP) is 3.45. The number of aliphatic hydroxyl groups excluding tert-OH is 3. The Hall–Kier alpha value is -0.650. The number of hydrogen-bond acceptors (Lipinski definition) is 4. The first-order valence-electron chi connectivity index (χ1n) is 11.8. The number of carboxylic acid groups (broad SMARTS) is 1. The predicted molar refractivity (Wildman–Crippen MR) is 110 cm³/mol. The molecule has 0 heterocycles. The Balaban J connectivity index is 1.61. The van der Waals surface area contributed by atoms with Crippen LogP contribution in [0.5, 0.6) is 0 Å². The zero-order chi connectivity index (χ0) is 21.1. The molecule has 29 heavy (non-hydrogen) atoms. The van der Waals surface area contributed by atoms with E-state index in [0.717, 1.165) is 44.9 Å². The van der Waals surface area contributed by atoms with Crippen LogP contribution in [0.1, 0.15) is 78.6 Å². The van der Waals surface area contributed by atoms with Crippen LogP contribution in [0.25, 0.3) is 0 Å². The van der Waals surface area contributed by atoms with Crippen LogP contribution >= 0.6 is 0 Å². The minimum Gasteiger partial charge on any atom is -0.481 e. The third-order valence-electron chi connectivity index (χ3n) is 10.3. The molecule has 5 heteroatoms. The second-order valence-corrected chi connectivity index (χ2v) is 11.4. The molecule has 0 aromatic heterocycles. The smallest absolute Gasteiger partial charge is 0.303 e. The van der Waals surface area contributed by atoms with E-state index in [9.17, 15) is 20.1 Å². The maximum atomic E-state index is 11.5. The highest BCUT2D eigenvalue weighted by Gasteiger charge is 2.65. The second kappa shape index (κ2) is 7.49. The summed E-state index contributed by atoms with van der Waals surface area (Å²) in [6.45, 7) is 6.72. The van der Waals surface area contributed by atoms with E-state index in [2.05, 4.69) is 20.8 Å². The molecule has 4 aliphatic carbocycles. The highest BCUT2D eigenvalue weighted by Crippen LogP contribution is 2.68. The summed E-state index contributed by atoms with van der Waals surface area (Å²) in [5, 5.41) is 42.0. The molecule has 0 aromatic rings. The summed E-state index contributed by atoms with van der Waals surface area (Å²) in [5.41, 5.74) is -0.143. The van der Waals surface area contributed by atoms with Gasteiger partial charge in [0, 0.05) is 6.42 Å². The normalized spacial score (nSPS) is 52.9. The SMILES string of the molecule is C[C@H](CCC(=O)O)[C@H]1CC[C@H]2[C@@H]3[C@H](O)CC4C[C@H](O)CC[C@]4(C)[C@H]3C[C@H](O)[C@]12C. The zero-order valence-corrected chi connectivity index (χ0v) is 18.3. The van der Waals surface area contributed by atoms with Crippen molar-refractivity contribution in [2.75, 3.05) is 0 Å². The number of carbonyl (C=O) groups is 1. The maximum Gasteiger partial charge on any atom is 0.303 e. The van der Waals surface area contributed by atoms with Crippen molar-refractivity contribution in [2.24, 2.45) is 46.3 Å². The van der Waals surface area contributed by atoms with Gasteiger partial charge in [0.1, 0.15) is 0 Å². The number of rotatable bonds is 4. The molecular formula is C24H40O5. The molecule has 0 amide bonds. The molecule has 1 unspecified atom stereocenters. The third-order valence-corrected chi connectivity index (χ3v) is 10.3. The molecule has 0 aliphatic heterocycles. The van der Waals surface area contributed by atoms with E-state index in [1.807, 2.05) is 0 Å². The van der Waals surface area contributed by atoms with Crippen molar-refractivity contribution >= 4 is 5.97 Å². The molecule has 4 rings (SSSR count). The van der Waals surface area contributed by atoms with Crippen molar-refractivity contribution in [3.63, 3.8) is 0 Å². The van der Waals surface area contributed by atoms with Gasteiger partial charge in [-0.15, -0.1) is 0 Å². The highest BCUT2D eigenvalue weighted by molar-refractivity contribution is 5.66. The Morgan fingerprint density at radius 3 is 2.45 bits per heavy atom. The molecule has 4 aliphatic rings. The number of aliphatic hydroxyl groups is 3. The Morgan fingerprint density at radius 1 is 1.03 bits per heavy atom. The largest absolute Gasteiger partial charge is 0.481 e. The number of carboxylic acids is 1. The Kier molecular flexibility index (Phi) is 5.57. The zero-order valence-electron chi connectivity index (χ0n) is 18.3. The Morgan fingerprint density at radius 2 is 1.76 bits per heavy atom. The van der Waals surface area contributed by atoms with Gasteiger partial charge in [-0.2, -0.15) is 0 Å². The second-order valence-electron chi connectivity index (χ2n) is 11.4. The first-order valence-corrected chi connectivity index (χ1v) is 11.8. The van der Waals surface area contributed by atoms with Gasteiger partial charge < -0.3 is 20.4 Å². The summed E-state index contributed by atoms with van der Waals surface area (Å²) < 4.78 is 0. The number of fused-ring (bicyclic) bond motifs is 5. The fourth-order valence-electron chi connectivity index (χ4n) is 8.68. The van der Waals surface area contributed by atoms with Gasteiger partial charge >= 0.3 is 5.97 Å². The lowest BCUT2D eigenvalue weighted by Gasteiger charge is -2.63. The van der Waals surface area contributed by atoms with Crippen molar-refractivity contribution in [2.45, 2.75) is 96.9 Å². The molecule has 0 spiro atoms. The quantitative estimate of drug-likeness (QED) is 0.571. The molecule has 4 fully saturated rings. The van der Waals surface area contributed by atoms with Gasteiger partial charge in [-0.1, -0.05) is 20.8 Å². The van der Waals surface area contributed by atoms with Crippen LogP contribution in [0.4, 0.5) is 0 Å². The minimum atomic E-state index is -0.748. The number of hydrogen-bond donors (Lipinski definition) is 4. The van der Waals surface area contributed by atoms with Crippen LogP contribution < -0.4 is 0 Å². The van der Waals surface area contributed by atoms with E-state index >= 15 is 0 Å². The van der Waals surface area contributed by atoms with Gasteiger partial charge in [-0.3, -0.25) is 4.79 Å². The lowest BCUT2D eigenvalue weighted by atomic mass is 9.43. The number of aliphatic carboxylic acids is 1. The molecule has 4 N–H and O–H groups in total. The lowest BCUT2D eigenvalue weighted by molar-refractivity contribution is -0.207. The summed E-state index contributed by atoms with van der Waals surface area (Å²) >= 11 is 0. The van der Waals surface area contributed by atoms with Crippen molar-refractivity contribution in [1.82, 2.24) is 0 Å². The van der Waals surface area contributed by atoms with Gasteiger partial charge in [0.25, 0.3) is 0 Å². The molecule has 0 bridgehead atoms. The minimum absolute atomic E-state index is 0.0957. The van der Waals surface area contributed by atoms with E-state index in [1.165, 1.54) is 0 Å². The van der Waals surface area contributed by atoms with Crippen molar-refractivity contribution in [3.05, 3.63) is 0 Å². The van der Waals surface area contributed by atoms with Gasteiger partial charge in [0.05, 0.1) is 18.3 Å². The molecule has 0 aromatic carbocycles. The topological polar surface area (TPSA) is 98.0 Å². The summed E-state index contributed by atoms with van der Waals surface area (Å²) in [6.07, 6.45) is 6.00. The van der Waals surface area contributed by atoms with Crippen LogP contribution in [-0.4, -0.2) is 44.7 Å². The summed E-state index contributed by atoms with van der Waals surface area (Å²) in [7, 11) is 0. The molecule has 166 valence electrons. The van der Waals surface area contributed by atoms with E-state index in [0.29, 0.717) is 30.1 Å². The molecule has 4 saturated carbocycles. The first kappa shape index (κ1) is 21.6. The molecule has 11 atom stereocenters. The average Bonchev–Trinajstić information content (AvgIpc) is 3.01. The third kappa shape index (κ3) is 3.27. The first-order chi connectivity index (χ1) is 13.6.